The predicted octanol–water partition coefficient (Wildman–Crippen LogP) is 5.70. The third-order valence-electron chi connectivity index (χ3n) is 6.37. The van der Waals surface area contributed by atoms with Crippen LogP contribution in [0.4, 0.5) is 5.69 Å². The molecule has 4 rings (SSSR count). The first-order chi connectivity index (χ1) is 16.5. The fourth-order valence-corrected chi connectivity index (χ4v) is 5.31. The minimum atomic E-state index is -0.419. The number of anilines is 1. The molecule has 1 saturated carbocycles. The zero-order valence-corrected chi connectivity index (χ0v) is 20.5. The summed E-state index contributed by atoms with van der Waals surface area (Å²) < 4.78 is 7.53. The van der Waals surface area contributed by atoms with Gasteiger partial charge in [-0.25, -0.2) is 0 Å². The number of nitriles is 1. The number of ether oxygens (including phenoxy) is 1. The maximum atomic E-state index is 13.0. The number of hydrogen-bond acceptors (Lipinski definition) is 6. The highest BCUT2D eigenvalue weighted by atomic mass is 32.2. The van der Waals surface area contributed by atoms with Crippen LogP contribution in [0.5, 0.6) is 5.75 Å². The molecule has 3 aromatic rings. The van der Waals surface area contributed by atoms with E-state index in [4.69, 9.17) is 4.74 Å². The minimum Gasteiger partial charge on any atom is -0.497 e. The van der Waals surface area contributed by atoms with Gasteiger partial charge in [-0.2, -0.15) is 5.26 Å². The number of aromatic nitrogens is 3. The largest absolute Gasteiger partial charge is 0.497 e. The van der Waals surface area contributed by atoms with Gasteiger partial charge in [-0.15, -0.1) is 10.2 Å². The number of rotatable bonds is 7. The van der Waals surface area contributed by atoms with Gasteiger partial charge >= 0.3 is 0 Å². The number of methoxy groups -OCH3 is 1. The summed E-state index contributed by atoms with van der Waals surface area (Å²) in [6.07, 6.45) is 4.62. The Kier molecular flexibility index (Phi) is 7.53. The number of nitrogens with one attached hydrogen (secondary N) is 1. The number of carbonyl (C=O) groups excluding carboxylic acids is 1. The van der Waals surface area contributed by atoms with Gasteiger partial charge < -0.3 is 10.1 Å². The molecule has 1 amide bonds. The topological polar surface area (TPSA) is 92.8 Å². The van der Waals surface area contributed by atoms with Gasteiger partial charge in [0, 0.05) is 11.6 Å². The summed E-state index contributed by atoms with van der Waals surface area (Å²) in [7, 11) is 1.65. The molecule has 7 nitrogen and oxygen atoms in total. The van der Waals surface area contributed by atoms with Gasteiger partial charge in [0.05, 0.1) is 23.6 Å². The Morgan fingerprint density at radius 1 is 1.18 bits per heavy atom. The lowest BCUT2D eigenvalue weighted by atomic mass is 9.85. The zero-order valence-electron chi connectivity index (χ0n) is 19.7. The van der Waals surface area contributed by atoms with Crippen molar-refractivity contribution >= 4 is 23.4 Å². The van der Waals surface area contributed by atoms with Gasteiger partial charge in [-0.05, 0) is 62.1 Å². The molecule has 176 valence electrons. The van der Waals surface area contributed by atoms with Crippen molar-refractivity contribution in [2.75, 3.05) is 12.4 Å². The molecule has 1 aliphatic rings. The lowest BCUT2D eigenvalue weighted by Gasteiger charge is -2.31. The number of benzene rings is 2. The molecule has 1 heterocycles. The molecular weight excluding hydrogens is 446 g/mol. The van der Waals surface area contributed by atoms with Gasteiger partial charge in [0.2, 0.25) is 5.91 Å². The second-order valence-electron chi connectivity index (χ2n) is 8.64. The van der Waals surface area contributed by atoms with Crippen LogP contribution >= 0.6 is 11.8 Å². The summed E-state index contributed by atoms with van der Waals surface area (Å²) >= 11 is 1.40. The van der Waals surface area contributed by atoms with E-state index in [9.17, 15) is 10.1 Å². The molecule has 3 unspecified atom stereocenters. The maximum absolute atomic E-state index is 13.0. The molecule has 8 heteroatoms. The predicted molar refractivity (Wildman–Crippen MR) is 134 cm³/mol. The highest BCUT2D eigenvalue weighted by Gasteiger charge is 2.30. The molecule has 2 aromatic carbocycles. The Morgan fingerprint density at radius 3 is 2.62 bits per heavy atom. The van der Waals surface area contributed by atoms with E-state index in [0.29, 0.717) is 17.2 Å². The van der Waals surface area contributed by atoms with Gasteiger partial charge in [0.25, 0.3) is 0 Å². The van der Waals surface area contributed by atoms with Gasteiger partial charge in [0.1, 0.15) is 11.8 Å². The number of thioether (sulfide) groups is 1. The van der Waals surface area contributed by atoms with E-state index >= 15 is 0 Å². The molecule has 0 aliphatic heterocycles. The summed E-state index contributed by atoms with van der Waals surface area (Å²) in [5, 5.41) is 21.6. The average Bonchev–Trinajstić information content (AvgIpc) is 3.27. The Morgan fingerprint density at radius 2 is 1.91 bits per heavy atom. The molecule has 34 heavy (non-hydrogen) atoms. The van der Waals surface area contributed by atoms with E-state index in [-0.39, 0.29) is 11.9 Å². The molecule has 1 aliphatic carbocycles. The molecule has 0 spiro atoms. The molecule has 1 aromatic heterocycles. The maximum Gasteiger partial charge on any atom is 0.237 e. The number of nitrogens with zero attached hydrogens (tertiary/aromatic N) is 4. The van der Waals surface area contributed by atoms with Crippen LogP contribution in [0, 0.1) is 17.2 Å². The summed E-state index contributed by atoms with van der Waals surface area (Å²) in [6.45, 7) is 4.14. The first kappa shape index (κ1) is 23.8. The SMILES string of the molecule is COc1ccc(-c2nnc(SC(C)C(=O)Nc3ccccc3C#N)n2C2CCCCC2C)cc1. The van der Waals surface area contributed by atoms with E-state index in [1.807, 2.05) is 31.2 Å². The Labute approximate surface area is 204 Å². The van der Waals surface area contributed by atoms with Crippen molar-refractivity contribution in [1.29, 1.82) is 5.26 Å². The zero-order chi connectivity index (χ0) is 24.1. The Hall–Kier alpha value is -3.31. The van der Waals surface area contributed by atoms with Crippen LogP contribution in [0.15, 0.2) is 53.7 Å². The van der Waals surface area contributed by atoms with Crippen molar-refractivity contribution in [2.24, 2.45) is 5.92 Å². The van der Waals surface area contributed by atoms with Crippen LogP contribution in [-0.2, 0) is 4.79 Å². The first-order valence-electron chi connectivity index (χ1n) is 11.6. The quantitative estimate of drug-likeness (QED) is 0.441. The number of carbonyl (C=O) groups is 1. The fraction of sp³-hybridized carbons (Fsp3) is 0.385. The van der Waals surface area contributed by atoms with Crippen LogP contribution in [0.3, 0.4) is 0 Å². The van der Waals surface area contributed by atoms with Gasteiger partial charge in [-0.3, -0.25) is 9.36 Å². The molecule has 0 saturated heterocycles. The number of amides is 1. The van der Waals surface area contributed by atoms with Crippen molar-refractivity contribution in [3.8, 4) is 23.2 Å². The smallest absolute Gasteiger partial charge is 0.237 e. The highest BCUT2D eigenvalue weighted by Crippen LogP contribution is 2.40. The van der Waals surface area contributed by atoms with Crippen LogP contribution in [0.1, 0.15) is 51.1 Å². The van der Waals surface area contributed by atoms with Crippen molar-refractivity contribution < 1.29 is 9.53 Å². The van der Waals surface area contributed by atoms with E-state index in [2.05, 4.69) is 33.1 Å². The second kappa shape index (κ2) is 10.7. The average molecular weight is 476 g/mol. The molecule has 1 fully saturated rings. The van der Waals surface area contributed by atoms with Crippen molar-refractivity contribution in [3.63, 3.8) is 0 Å². The molecule has 3 atom stereocenters. The van der Waals surface area contributed by atoms with Crippen LogP contribution < -0.4 is 10.1 Å². The third-order valence-corrected chi connectivity index (χ3v) is 7.42. The number of hydrogen-bond donors (Lipinski definition) is 1. The Balaban J connectivity index is 1.62. The monoisotopic (exact) mass is 475 g/mol. The van der Waals surface area contributed by atoms with E-state index < -0.39 is 5.25 Å². The van der Waals surface area contributed by atoms with Crippen LogP contribution in [0.25, 0.3) is 11.4 Å². The van der Waals surface area contributed by atoms with E-state index in [1.165, 1.54) is 24.6 Å². The molecule has 0 bridgehead atoms. The van der Waals surface area contributed by atoms with Crippen LogP contribution in [0.2, 0.25) is 0 Å². The normalized spacial score (nSPS) is 18.6. The van der Waals surface area contributed by atoms with Crippen molar-refractivity contribution in [1.82, 2.24) is 14.8 Å². The lowest BCUT2D eigenvalue weighted by molar-refractivity contribution is -0.115. The standard InChI is InChI=1S/C26H29N5O2S/c1-17-8-4-7-11-23(17)31-24(19-12-14-21(33-3)15-13-19)29-30-26(31)34-18(2)25(32)28-22-10-6-5-9-20(22)16-27/h5-6,9-10,12-15,17-18,23H,4,7-8,11H2,1-3H3,(H,28,32). The molecular formula is C26H29N5O2S. The van der Waals surface area contributed by atoms with Crippen molar-refractivity contribution in [2.45, 2.75) is 56.0 Å². The highest BCUT2D eigenvalue weighted by molar-refractivity contribution is 8.00. The molecule has 0 radical (unpaired) electrons. The minimum absolute atomic E-state index is 0.176. The summed E-state index contributed by atoms with van der Waals surface area (Å²) in [6, 6.07) is 17.2. The van der Waals surface area contributed by atoms with Crippen LogP contribution in [-0.4, -0.2) is 33.0 Å². The van der Waals surface area contributed by atoms with Gasteiger partial charge in [0.15, 0.2) is 11.0 Å². The Bertz CT molecular complexity index is 1180. The van der Waals surface area contributed by atoms with E-state index in [0.717, 1.165) is 35.1 Å². The van der Waals surface area contributed by atoms with Crippen molar-refractivity contribution in [3.05, 3.63) is 54.1 Å². The summed E-state index contributed by atoms with van der Waals surface area (Å²) in [5.74, 6) is 1.92. The lowest BCUT2D eigenvalue weighted by Crippen LogP contribution is -2.25. The third kappa shape index (κ3) is 5.10. The second-order valence-corrected chi connectivity index (χ2v) is 9.95. The fourth-order valence-electron chi connectivity index (χ4n) is 4.41. The number of para-hydroxylation sites is 1. The summed E-state index contributed by atoms with van der Waals surface area (Å²) in [5.41, 5.74) is 1.93. The molecule has 1 N–H and O–H groups in total. The van der Waals surface area contributed by atoms with Gasteiger partial charge in [-0.1, -0.05) is 43.7 Å². The first-order valence-corrected chi connectivity index (χ1v) is 12.5. The summed E-state index contributed by atoms with van der Waals surface area (Å²) in [4.78, 5) is 13.0. The van der Waals surface area contributed by atoms with E-state index in [1.54, 1.807) is 31.4 Å².